The number of benzene rings is 2. The lowest BCUT2D eigenvalue weighted by atomic mass is 10.0. The fraction of sp³-hybridized carbons (Fsp3) is 0.417. The van der Waals surface area contributed by atoms with E-state index in [4.69, 9.17) is 0 Å². The third-order valence-electron chi connectivity index (χ3n) is 6.23. The zero-order valence-electron chi connectivity index (χ0n) is 17.9. The molecule has 0 aliphatic carbocycles. The summed E-state index contributed by atoms with van der Waals surface area (Å²) in [6.07, 6.45) is 1.60. The van der Waals surface area contributed by atoms with Crippen LogP contribution in [0.3, 0.4) is 0 Å². The molecule has 2 aromatic carbocycles. The van der Waals surface area contributed by atoms with Gasteiger partial charge in [0.2, 0.25) is 0 Å². The fourth-order valence-corrected chi connectivity index (χ4v) is 5.96. The highest BCUT2D eigenvalue weighted by atomic mass is 32.2. The number of thioether (sulfide) groups is 1. The number of carbonyl (C=O) groups is 2. The van der Waals surface area contributed by atoms with Gasteiger partial charge in [0.15, 0.2) is 0 Å². The number of aryl methyl sites for hydroxylation is 3. The van der Waals surface area contributed by atoms with Crippen LogP contribution in [0.4, 0.5) is 10.5 Å². The van der Waals surface area contributed by atoms with Crippen molar-refractivity contribution in [1.29, 1.82) is 0 Å². The summed E-state index contributed by atoms with van der Waals surface area (Å²) in [7, 11) is 0. The first-order valence-electron chi connectivity index (χ1n) is 10.5. The van der Waals surface area contributed by atoms with Crippen molar-refractivity contribution in [3.63, 3.8) is 0 Å². The quantitative estimate of drug-likeness (QED) is 0.753. The first-order chi connectivity index (χ1) is 14.4. The SMILES string of the molecule is Cc1cccc(C(=O)N2CCSC23CCN(C(=O)Nc2c(C)cccc2C)CC3)c1. The van der Waals surface area contributed by atoms with Crippen LogP contribution in [0, 0.1) is 20.8 Å². The van der Waals surface area contributed by atoms with Gasteiger partial charge in [-0.25, -0.2) is 4.79 Å². The second-order valence-corrected chi connectivity index (χ2v) is 9.76. The van der Waals surface area contributed by atoms with Gasteiger partial charge in [0.05, 0.1) is 4.87 Å². The van der Waals surface area contributed by atoms with Crippen molar-refractivity contribution >= 4 is 29.4 Å². The highest BCUT2D eigenvalue weighted by Crippen LogP contribution is 2.44. The van der Waals surface area contributed by atoms with Gasteiger partial charge in [0.25, 0.3) is 5.91 Å². The highest BCUT2D eigenvalue weighted by Gasteiger charge is 2.47. The molecule has 2 aromatic rings. The van der Waals surface area contributed by atoms with E-state index in [0.717, 1.165) is 53.1 Å². The van der Waals surface area contributed by atoms with Gasteiger partial charge in [-0.2, -0.15) is 0 Å². The smallest absolute Gasteiger partial charge is 0.321 e. The molecule has 6 heteroatoms. The molecule has 2 aliphatic heterocycles. The van der Waals surface area contributed by atoms with Crippen LogP contribution in [0.15, 0.2) is 42.5 Å². The first-order valence-corrected chi connectivity index (χ1v) is 11.5. The second kappa shape index (κ2) is 8.34. The lowest BCUT2D eigenvalue weighted by molar-refractivity contribution is 0.0585. The molecule has 2 saturated heterocycles. The third kappa shape index (κ3) is 3.93. The minimum Gasteiger partial charge on any atom is -0.324 e. The number of hydrogen-bond donors (Lipinski definition) is 1. The molecule has 0 unspecified atom stereocenters. The summed E-state index contributed by atoms with van der Waals surface area (Å²) in [6.45, 7) is 8.11. The number of likely N-dealkylation sites (tertiary alicyclic amines) is 1. The molecular formula is C24H29N3O2S. The van der Waals surface area contributed by atoms with Crippen molar-refractivity contribution in [2.75, 3.05) is 30.7 Å². The molecule has 30 heavy (non-hydrogen) atoms. The van der Waals surface area contributed by atoms with Gasteiger partial charge in [0.1, 0.15) is 0 Å². The van der Waals surface area contributed by atoms with E-state index in [1.54, 1.807) is 0 Å². The fourth-order valence-electron chi connectivity index (χ4n) is 4.50. The Morgan fingerprint density at radius 3 is 2.30 bits per heavy atom. The van der Waals surface area contributed by atoms with E-state index in [9.17, 15) is 9.59 Å². The standard InChI is InChI=1S/C24H29N3O2S/c1-17-6-4-9-20(16-17)22(28)27-14-15-30-24(27)10-12-26(13-11-24)23(29)25-21-18(2)7-5-8-19(21)3/h4-9,16H,10-15H2,1-3H3,(H,25,29). The Hall–Kier alpha value is -2.47. The van der Waals surface area contributed by atoms with Crippen molar-refractivity contribution in [1.82, 2.24) is 9.80 Å². The van der Waals surface area contributed by atoms with Crippen LogP contribution < -0.4 is 5.32 Å². The summed E-state index contributed by atoms with van der Waals surface area (Å²) >= 11 is 1.87. The molecular weight excluding hydrogens is 394 g/mol. The predicted octanol–water partition coefficient (Wildman–Crippen LogP) is 4.83. The average Bonchev–Trinajstić information content (AvgIpc) is 3.13. The lowest BCUT2D eigenvalue weighted by Gasteiger charge is -2.44. The van der Waals surface area contributed by atoms with Gasteiger partial charge in [-0.05, 0) is 56.9 Å². The van der Waals surface area contributed by atoms with Gasteiger partial charge < -0.3 is 15.1 Å². The van der Waals surface area contributed by atoms with Crippen molar-refractivity contribution in [3.05, 3.63) is 64.7 Å². The van der Waals surface area contributed by atoms with Crippen molar-refractivity contribution in [3.8, 4) is 0 Å². The summed E-state index contributed by atoms with van der Waals surface area (Å²) in [5.74, 6) is 1.06. The number of rotatable bonds is 2. The number of amides is 3. The van der Waals surface area contributed by atoms with E-state index in [1.807, 2.05) is 84.8 Å². The van der Waals surface area contributed by atoms with Crippen molar-refractivity contribution in [2.24, 2.45) is 0 Å². The maximum atomic E-state index is 13.2. The maximum absolute atomic E-state index is 13.2. The molecule has 1 spiro atoms. The number of hydrogen-bond acceptors (Lipinski definition) is 3. The van der Waals surface area contributed by atoms with Crippen LogP contribution in [0.1, 0.15) is 39.9 Å². The van der Waals surface area contributed by atoms with Crippen LogP contribution in [-0.4, -0.2) is 52.0 Å². The Bertz CT molecular complexity index is 946. The van der Waals surface area contributed by atoms with Gasteiger partial charge in [-0.3, -0.25) is 4.79 Å². The topological polar surface area (TPSA) is 52.7 Å². The Morgan fingerprint density at radius 2 is 1.63 bits per heavy atom. The summed E-state index contributed by atoms with van der Waals surface area (Å²) in [6, 6.07) is 13.8. The summed E-state index contributed by atoms with van der Waals surface area (Å²) in [5, 5.41) is 3.09. The van der Waals surface area contributed by atoms with Gasteiger partial charge in [-0.1, -0.05) is 35.9 Å². The molecule has 0 atom stereocenters. The predicted molar refractivity (Wildman–Crippen MR) is 123 cm³/mol. The van der Waals surface area contributed by atoms with Crippen LogP contribution in [-0.2, 0) is 0 Å². The minimum atomic E-state index is -0.198. The molecule has 0 aromatic heterocycles. The maximum Gasteiger partial charge on any atom is 0.321 e. The van der Waals surface area contributed by atoms with Crippen LogP contribution >= 0.6 is 11.8 Å². The Kier molecular flexibility index (Phi) is 5.78. The van der Waals surface area contributed by atoms with E-state index < -0.39 is 0 Å². The summed E-state index contributed by atoms with van der Waals surface area (Å²) < 4.78 is 0. The summed E-state index contributed by atoms with van der Waals surface area (Å²) in [5.41, 5.74) is 4.89. The van der Waals surface area contributed by atoms with Gasteiger partial charge in [-0.15, -0.1) is 11.8 Å². The molecule has 0 radical (unpaired) electrons. The molecule has 0 saturated carbocycles. The molecule has 5 nitrogen and oxygen atoms in total. The van der Waals surface area contributed by atoms with Crippen LogP contribution in [0.5, 0.6) is 0 Å². The number of anilines is 1. The molecule has 3 amide bonds. The van der Waals surface area contributed by atoms with Crippen molar-refractivity contribution < 1.29 is 9.59 Å². The molecule has 4 rings (SSSR count). The molecule has 158 valence electrons. The minimum absolute atomic E-state index is 0.0539. The van der Waals surface area contributed by atoms with Crippen LogP contribution in [0.25, 0.3) is 0 Å². The number of piperidine rings is 1. The number of nitrogens with zero attached hydrogens (tertiary/aromatic N) is 2. The van der Waals surface area contributed by atoms with E-state index >= 15 is 0 Å². The van der Waals surface area contributed by atoms with Gasteiger partial charge >= 0.3 is 6.03 Å². The number of carbonyl (C=O) groups excluding carboxylic acids is 2. The largest absolute Gasteiger partial charge is 0.324 e. The normalized spacial score (nSPS) is 18.0. The van der Waals surface area contributed by atoms with E-state index in [1.165, 1.54) is 0 Å². The molecule has 0 bridgehead atoms. The monoisotopic (exact) mass is 423 g/mol. The summed E-state index contributed by atoms with van der Waals surface area (Å²) in [4.78, 5) is 29.8. The van der Waals surface area contributed by atoms with Crippen molar-refractivity contribution in [2.45, 2.75) is 38.5 Å². The second-order valence-electron chi connectivity index (χ2n) is 8.30. The Morgan fingerprint density at radius 1 is 0.967 bits per heavy atom. The third-order valence-corrected chi connectivity index (χ3v) is 7.79. The zero-order valence-corrected chi connectivity index (χ0v) is 18.7. The van der Waals surface area contributed by atoms with E-state index in [2.05, 4.69) is 5.32 Å². The highest BCUT2D eigenvalue weighted by molar-refractivity contribution is 8.00. The Labute approximate surface area is 182 Å². The molecule has 1 N–H and O–H groups in total. The first kappa shape index (κ1) is 20.8. The number of nitrogens with one attached hydrogen (secondary N) is 1. The van der Waals surface area contributed by atoms with Gasteiger partial charge in [0, 0.05) is 36.6 Å². The zero-order chi connectivity index (χ0) is 21.3. The number of para-hydroxylation sites is 1. The molecule has 2 heterocycles. The molecule has 2 fully saturated rings. The van der Waals surface area contributed by atoms with Crippen LogP contribution in [0.2, 0.25) is 0 Å². The molecule has 2 aliphatic rings. The average molecular weight is 424 g/mol. The number of urea groups is 1. The lowest BCUT2D eigenvalue weighted by Crippen LogP contribution is -2.54. The van der Waals surface area contributed by atoms with E-state index in [0.29, 0.717) is 13.1 Å². The van der Waals surface area contributed by atoms with E-state index in [-0.39, 0.29) is 16.8 Å². The Balaban J connectivity index is 1.44.